The van der Waals surface area contributed by atoms with E-state index in [1.165, 1.54) is 6.26 Å². The first kappa shape index (κ1) is 8.04. The van der Waals surface area contributed by atoms with Crippen molar-refractivity contribution < 1.29 is 18.7 Å². The maximum absolute atomic E-state index is 11.5. The number of ketones is 1. The van der Waals surface area contributed by atoms with Gasteiger partial charge in [0.05, 0.1) is 6.26 Å². The maximum atomic E-state index is 11.5. The number of hydrogen-bond acceptors (Lipinski definition) is 4. The Bertz CT molecular complexity index is 325. The summed E-state index contributed by atoms with van der Waals surface area (Å²) >= 11 is 0. The van der Waals surface area contributed by atoms with Crippen LogP contribution >= 0.6 is 0 Å². The quantitative estimate of drug-likeness (QED) is 0.506. The highest BCUT2D eigenvalue weighted by molar-refractivity contribution is 5.99. The van der Waals surface area contributed by atoms with E-state index in [0.29, 0.717) is 12.8 Å². The highest BCUT2D eigenvalue weighted by Gasteiger charge is 2.31. The summed E-state index contributed by atoms with van der Waals surface area (Å²) in [5.41, 5.74) is 0. The van der Waals surface area contributed by atoms with Gasteiger partial charge in [0, 0.05) is 12.8 Å². The lowest BCUT2D eigenvalue weighted by atomic mass is 10.1. The molecule has 4 nitrogen and oxygen atoms in total. The van der Waals surface area contributed by atoms with Crippen molar-refractivity contribution in [2.45, 2.75) is 18.9 Å². The standard InChI is InChI=1S/C9H8O4/c10-8-4-3-7(13-8)9(11)6-2-1-5-12-6/h1-2,5,7H,3-4H2. The molecule has 68 valence electrons. The Labute approximate surface area is 74.5 Å². The molecule has 1 aromatic heterocycles. The summed E-state index contributed by atoms with van der Waals surface area (Å²) < 4.78 is 9.70. The summed E-state index contributed by atoms with van der Waals surface area (Å²) in [6, 6.07) is 3.19. The van der Waals surface area contributed by atoms with Crippen molar-refractivity contribution in [2.24, 2.45) is 0 Å². The highest BCUT2D eigenvalue weighted by atomic mass is 16.6. The van der Waals surface area contributed by atoms with Crippen LogP contribution in [0.3, 0.4) is 0 Å². The Morgan fingerprint density at radius 1 is 1.54 bits per heavy atom. The van der Waals surface area contributed by atoms with Gasteiger partial charge < -0.3 is 9.15 Å². The van der Waals surface area contributed by atoms with Gasteiger partial charge in [-0.15, -0.1) is 0 Å². The van der Waals surface area contributed by atoms with E-state index in [0.717, 1.165) is 0 Å². The molecule has 0 spiro atoms. The van der Waals surface area contributed by atoms with E-state index in [-0.39, 0.29) is 17.5 Å². The van der Waals surface area contributed by atoms with Crippen LogP contribution in [-0.2, 0) is 9.53 Å². The lowest BCUT2D eigenvalue weighted by Crippen LogP contribution is -2.19. The van der Waals surface area contributed by atoms with Gasteiger partial charge in [-0.05, 0) is 12.1 Å². The number of rotatable bonds is 2. The lowest BCUT2D eigenvalue weighted by Gasteiger charge is -2.04. The fourth-order valence-corrected chi connectivity index (χ4v) is 1.29. The van der Waals surface area contributed by atoms with Gasteiger partial charge in [0.2, 0.25) is 5.78 Å². The zero-order chi connectivity index (χ0) is 9.26. The van der Waals surface area contributed by atoms with Crippen molar-refractivity contribution in [3.8, 4) is 0 Å². The third kappa shape index (κ3) is 1.47. The third-order valence-electron chi connectivity index (χ3n) is 1.94. The topological polar surface area (TPSA) is 56.5 Å². The average Bonchev–Trinajstić information content (AvgIpc) is 2.72. The van der Waals surface area contributed by atoms with E-state index >= 15 is 0 Å². The largest absolute Gasteiger partial charge is 0.461 e. The molecule has 2 heterocycles. The van der Waals surface area contributed by atoms with Crippen LogP contribution in [0.4, 0.5) is 0 Å². The normalized spacial score (nSPS) is 21.5. The fourth-order valence-electron chi connectivity index (χ4n) is 1.29. The van der Waals surface area contributed by atoms with E-state index in [4.69, 9.17) is 9.15 Å². The van der Waals surface area contributed by atoms with Gasteiger partial charge in [0.1, 0.15) is 0 Å². The van der Waals surface area contributed by atoms with Gasteiger partial charge in [-0.2, -0.15) is 0 Å². The summed E-state index contributed by atoms with van der Waals surface area (Å²) in [5, 5.41) is 0. The second-order valence-electron chi connectivity index (χ2n) is 2.86. The molecule has 0 radical (unpaired) electrons. The Hall–Kier alpha value is -1.58. The van der Waals surface area contributed by atoms with Gasteiger partial charge in [-0.3, -0.25) is 9.59 Å². The molecule has 1 atom stereocenters. The third-order valence-corrected chi connectivity index (χ3v) is 1.94. The number of carbonyl (C=O) groups excluding carboxylic acids is 2. The molecule has 2 rings (SSSR count). The van der Waals surface area contributed by atoms with Gasteiger partial charge in [-0.25, -0.2) is 0 Å². The molecule has 1 aliphatic heterocycles. The van der Waals surface area contributed by atoms with E-state index in [1.54, 1.807) is 12.1 Å². The monoisotopic (exact) mass is 180 g/mol. The minimum absolute atomic E-state index is 0.250. The molecule has 1 unspecified atom stereocenters. The van der Waals surface area contributed by atoms with Crippen molar-refractivity contribution in [3.63, 3.8) is 0 Å². The second kappa shape index (κ2) is 3.05. The van der Waals surface area contributed by atoms with Crippen LogP contribution in [-0.4, -0.2) is 17.9 Å². The van der Waals surface area contributed by atoms with Crippen molar-refractivity contribution in [1.82, 2.24) is 0 Å². The zero-order valence-corrected chi connectivity index (χ0v) is 6.86. The number of esters is 1. The Morgan fingerprint density at radius 2 is 2.38 bits per heavy atom. The number of Topliss-reactive ketones (excluding diaryl/α,β-unsaturated/α-hetero) is 1. The van der Waals surface area contributed by atoms with Crippen molar-refractivity contribution >= 4 is 11.8 Å². The number of carbonyl (C=O) groups is 2. The van der Waals surface area contributed by atoms with Crippen LogP contribution in [0.2, 0.25) is 0 Å². The predicted octanol–water partition coefficient (Wildman–Crippen LogP) is 1.17. The Balaban J connectivity index is 2.10. The summed E-state index contributed by atoms with van der Waals surface area (Å²) in [7, 11) is 0. The average molecular weight is 180 g/mol. The molecule has 0 N–H and O–H groups in total. The van der Waals surface area contributed by atoms with Gasteiger partial charge in [0.15, 0.2) is 11.9 Å². The lowest BCUT2D eigenvalue weighted by molar-refractivity contribution is -0.140. The number of furan rings is 1. The molecule has 1 aromatic rings. The van der Waals surface area contributed by atoms with Gasteiger partial charge in [-0.1, -0.05) is 0 Å². The maximum Gasteiger partial charge on any atom is 0.306 e. The molecular formula is C9H8O4. The fraction of sp³-hybridized carbons (Fsp3) is 0.333. The summed E-state index contributed by atoms with van der Waals surface area (Å²) in [6.45, 7) is 0. The SMILES string of the molecule is O=C1CCC(C(=O)c2ccco2)O1. The van der Waals surface area contributed by atoms with Gasteiger partial charge in [0.25, 0.3) is 0 Å². The summed E-state index contributed by atoms with van der Waals surface area (Å²) in [4.78, 5) is 22.2. The molecule has 0 aromatic carbocycles. The minimum atomic E-state index is -0.640. The van der Waals surface area contributed by atoms with Gasteiger partial charge >= 0.3 is 5.97 Å². The molecule has 4 heteroatoms. The Morgan fingerprint density at radius 3 is 2.92 bits per heavy atom. The molecule has 1 saturated heterocycles. The zero-order valence-electron chi connectivity index (χ0n) is 6.86. The van der Waals surface area contributed by atoms with E-state index in [1.807, 2.05) is 0 Å². The van der Waals surface area contributed by atoms with Crippen LogP contribution < -0.4 is 0 Å². The highest BCUT2D eigenvalue weighted by Crippen LogP contribution is 2.18. The van der Waals surface area contributed by atoms with Crippen molar-refractivity contribution in [2.75, 3.05) is 0 Å². The number of hydrogen-bond donors (Lipinski definition) is 0. The van der Waals surface area contributed by atoms with Crippen LogP contribution in [0, 0.1) is 0 Å². The molecule has 0 saturated carbocycles. The van der Waals surface area contributed by atoms with E-state index in [9.17, 15) is 9.59 Å². The van der Waals surface area contributed by atoms with E-state index in [2.05, 4.69) is 0 Å². The van der Waals surface area contributed by atoms with Crippen molar-refractivity contribution in [3.05, 3.63) is 24.2 Å². The molecule has 0 aliphatic carbocycles. The van der Waals surface area contributed by atoms with Crippen LogP contribution in [0.1, 0.15) is 23.4 Å². The predicted molar refractivity (Wildman–Crippen MR) is 42.2 cm³/mol. The molecule has 13 heavy (non-hydrogen) atoms. The first-order valence-corrected chi connectivity index (χ1v) is 4.04. The van der Waals surface area contributed by atoms with Crippen LogP contribution in [0.25, 0.3) is 0 Å². The number of ether oxygens (including phenoxy) is 1. The molecule has 0 amide bonds. The molecular weight excluding hydrogens is 172 g/mol. The molecule has 1 aliphatic rings. The second-order valence-corrected chi connectivity index (χ2v) is 2.86. The summed E-state index contributed by atoms with van der Waals surface area (Å²) in [5.74, 6) is -0.319. The molecule has 1 fully saturated rings. The summed E-state index contributed by atoms with van der Waals surface area (Å²) in [6.07, 6.45) is 1.55. The van der Waals surface area contributed by atoms with Crippen LogP contribution in [0.15, 0.2) is 22.8 Å². The first-order valence-electron chi connectivity index (χ1n) is 4.04. The van der Waals surface area contributed by atoms with Crippen molar-refractivity contribution in [1.29, 1.82) is 0 Å². The minimum Gasteiger partial charge on any atom is -0.461 e. The number of cyclic esters (lactones) is 1. The Kier molecular flexibility index (Phi) is 1.88. The first-order chi connectivity index (χ1) is 6.27. The van der Waals surface area contributed by atoms with E-state index < -0.39 is 6.10 Å². The smallest absolute Gasteiger partial charge is 0.306 e. The molecule has 0 bridgehead atoms. The van der Waals surface area contributed by atoms with Crippen LogP contribution in [0.5, 0.6) is 0 Å².